The molecule has 0 aromatic rings. The van der Waals surface area contributed by atoms with Gasteiger partial charge in [-0.3, -0.25) is 4.79 Å². The lowest BCUT2D eigenvalue weighted by Crippen LogP contribution is -2.32. The van der Waals surface area contributed by atoms with E-state index in [2.05, 4.69) is 0 Å². The molecule has 0 bridgehead atoms. The first-order chi connectivity index (χ1) is 6.42. The van der Waals surface area contributed by atoms with Gasteiger partial charge in [-0.2, -0.15) is 4.31 Å². The number of carboxylic acid groups (broad SMARTS) is 1. The monoisotopic (exact) mass is 223 g/mol. The number of β-amino-alcohol motifs (C(OH)–C–C–N with tert-alkyl or cyclic N) is 1. The fourth-order valence-corrected chi connectivity index (χ4v) is 2.78. The molecule has 1 aliphatic rings. The van der Waals surface area contributed by atoms with Crippen molar-refractivity contribution in [2.24, 2.45) is 0 Å². The third-order valence-electron chi connectivity index (χ3n) is 2.09. The van der Waals surface area contributed by atoms with E-state index in [1.165, 1.54) is 0 Å². The molecule has 0 amide bonds. The van der Waals surface area contributed by atoms with Crippen LogP contribution in [0.1, 0.15) is 12.8 Å². The van der Waals surface area contributed by atoms with E-state index in [-0.39, 0.29) is 13.1 Å². The zero-order valence-electron chi connectivity index (χ0n) is 7.59. The van der Waals surface area contributed by atoms with Crippen LogP contribution in [0.2, 0.25) is 0 Å². The Balaban J connectivity index is 2.53. The summed E-state index contributed by atoms with van der Waals surface area (Å²) in [5.41, 5.74) is 0. The summed E-state index contributed by atoms with van der Waals surface area (Å²) in [5.74, 6) is -1.52. The van der Waals surface area contributed by atoms with E-state index in [0.717, 1.165) is 4.31 Å². The summed E-state index contributed by atoms with van der Waals surface area (Å²) in [6.45, 7) is 0.366. The van der Waals surface area contributed by atoms with Gasteiger partial charge < -0.3 is 10.2 Å². The SMILES string of the molecule is O=C(O)CCS(=O)(=O)N1CC[C@H](O)C1. The highest BCUT2D eigenvalue weighted by atomic mass is 32.2. The average molecular weight is 223 g/mol. The quantitative estimate of drug-likeness (QED) is 0.628. The Bertz CT molecular complexity index is 312. The standard InChI is InChI=1S/C7H13NO5S/c9-6-1-3-8(5-6)14(12,13)4-2-7(10)11/h6,9H,1-5H2,(H,10,11)/t6-/m0/s1. The summed E-state index contributed by atoms with van der Waals surface area (Å²) in [6, 6.07) is 0. The maximum Gasteiger partial charge on any atom is 0.304 e. The molecule has 1 rings (SSSR count). The Morgan fingerprint density at radius 2 is 2.14 bits per heavy atom. The van der Waals surface area contributed by atoms with Gasteiger partial charge in [-0.1, -0.05) is 0 Å². The Labute approximate surface area is 82.2 Å². The summed E-state index contributed by atoms with van der Waals surface area (Å²) >= 11 is 0. The predicted molar refractivity (Wildman–Crippen MR) is 48.2 cm³/mol. The lowest BCUT2D eigenvalue weighted by molar-refractivity contribution is -0.136. The van der Waals surface area contributed by atoms with Crippen molar-refractivity contribution in [3.05, 3.63) is 0 Å². The highest BCUT2D eigenvalue weighted by Gasteiger charge is 2.30. The number of hydrogen-bond donors (Lipinski definition) is 2. The second-order valence-corrected chi connectivity index (χ2v) is 5.35. The number of hydrogen-bond acceptors (Lipinski definition) is 4. The normalized spacial score (nSPS) is 23.9. The van der Waals surface area contributed by atoms with E-state index in [4.69, 9.17) is 10.2 Å². The fourth-order valence-electron chi connectivity index (χ4n) is 1.31. The van der Waals surface area contributed by atoms with Crippen LogP contribution in [0.4, 0.5) is 0 Å². The second kappa shape index (κ2) is 4.24. The van der Waals surface area contributed by atoms with Crippen molar-refractivity contribution < 1.29 is 23.4 Å². The van der Waals surface area contributed by atoms with Crippen LogP contribution in [-0.2, 0) is 14.8 Å². The number of nitrogens with zero attached hydrogens (tertiary/aromatic N) is 1. The fraction of sp³-hybridized carbons (Fsp3) is 0.857. The summed E-state index contributed by atoms with van der Waals surface area (Å²) in [7, 11) is -3.50. The first kappa shape index (κ1) is 11.4. The zero-order chi connectivity index (χ0) is 10.8. The lowest BCUT2D eigenvalue weighted by atomic mass is 10.3. The van der Waals surface area contributed by atoms with Gasteiger partial charge in [0.15, 0.2) is 0 Å². The number of carbonyl (C=O) groups is 1. The van der Waals surface area contributed by atoms with Crippen LogP contribution in [0.3, 0.4) is 0 Å². The van der Waals surface area contributed by atoms with Crippen LogP contribution < -0.4 is 0 Å². The Morgan fingerprint density at radius 3 is 2.57 bits per heavy atom. The molecule has 7 heteroatoms. The molecule has 0 radical (unpaired) electrons. The smallest absolute Gasteiger partial charge is 0.304 e. The number of aliphatic hydroxyl groups is 1. The van der Waals surface area contributed by atoms with Gasteiger partial charge in [0.25, 0.3) is 0 Å². The summed E-state index contributed by atoms with van der Waals surface area (Å²) in [6.07, 6.45) is -0.587. The van der Waals surface area contributed by atoms with E-state index >= 15 is 0 Å². The molecule has 6 nitrogen and oxygen atoms in total. The minimum atomic E-state index is -3.50. The van der Waals surface area contributed by atoms with Crippen LogP contribution in [0.25, 0.3) is 0 Å². The predicted octanol–water partition coefficient (Wildman–Crippen LogP) is -1.14. The van der Waals surface area contributed by atoms with Crippen LogP contribution in [0.5, 0.6) is 0 Å². The summed E-state index contributed by atoms with van der Waals surface area (Å²) in [5, 5.41) is 17.5. The van der Waals surface area contributed by atoms with Gasteiger partial charge in [0.1, 0.15) is 0 Å². The Morgan fingerprint density at radius 1 is 1.50 bits per heavy atom. The van der Waals surface area contributed by atoms with Gasteiger partial charge in [0.2, 0.25) is 10.0 Å². The third kappa shape index (κ3) is 2.93. The van der Waals surface area contributed by atoms with Gasteiger partial charge in [0.05, 0.1) is 18.3 Å². The molecular formula is C7H13NO5S. The largest absolute Gasteiger partial charge is 0.481 e. The van der Waals surface area contributed by atoms with Crippen molar-refractivity contribution in [1.29, 1.82) is 0 Å². The van der Waals surface area contributed by atoms with Crippen molar-refractivity contribution in [1.82, 2.24) is 4.31 Å². The summed E-state index contributed by atoms with van der Waals surface area (Å²) < 4.78 is 24.0. The van der Waals surface area contributed by atoms with Crippen molar-refractivity contribution in [3.63, 3.8) is 0 Å². The molecule has 0 aromatic carbocycles. The number of aliphatic carboxylic acids is 1. The highest BCUT2D eigenvalue weighted by Crippen LogP contribution is 2.14. The summed E-state index contributed by atoms with van der Waals surface area (Å²) in [4.78, 5) is 10.2. The lowest BCUT2D eigenvalue weighted by Gasteiger charge is -2.14. The molecule has 0 saturated carbocycles. The number of rotatable bonds is 4. The Kier molecular flexibility index (Phi) is 3.46. The third-order valence-corrected chi connectivity index (χ3v) is 3.93. The van der Waals surface area contributed by atoms with Gasteiger partial charge in [-0.25, -0.2) is 8.42 Å². The van der Waals surface area contributed by atoms with E-state index in [9.17, 15) is 13.2 Å². The maximum atomic E-state index is 11.4. The minimum absolute atomic E-state index is 0.0853. The molecule has 0 aliphatic carbocycles. The van der Waals surface area contributed by atoms with Crippen LogP contribution in [-0.4, -0.2) is 53.9 Å². The van der Waals surface area contributed by atoms with E-state index in [1.807, 2.05) is 0 Å². The van der Waals surface area contributed by atoms with Crippen molar-refractivity contribution in [2.75, 3.05) is 18.8 Å². The molecule has 1 aliphatic heterocycles. The highest BCUT2D eigenvalue weighted by molar-refractivity contribution is 7.89. The topological polar surface area (TPSA) is 94.9 Å². The van der Waals surface area contributed by atoms with Crippen LogP contribution in [0.15, 0.2) is 0 Å². The molecule has 1 atom stereocenters. The molecule has 2 N–H and O–H groups in total. The Hall–Kier alpha value is -0.660. The van der Waals surface area contributed by atoms with Crippen molar-refractivity contribution in [2.45, 2.75) is 18.9 Å². The number of aliphatic hydroxyl groups excluding tert-OH is 1. The van der Waals surface area contributed by atoms with Gasteiger partial charge in [-0.15, -0.1) is 0 Å². The number of sulfonamides is 1. The van der Waals surface area contributed by atoms with Crippen LogP contribution in [0, 0.1) is 0 Å². The molecular weight excluding hydrogens is 210 g/mol. The van der Waals surface area contributed by atoms with E-state index in [1.54, 1.807) is 0 Å². The first-order valence-corrected chi connectivity index (χ1v) is 5.90. The van der Waals surface area contributed by atoms with Gasteiger partial charge in [0, 0.05) is 13.1 Å². The van der Waals surface area contributed by atoms with Crippen molar-refractivity contribution in [3.8, 4) is 0 Å². The maximum absolute atomic E-state index is 11.4. The van der Waals surface area contributed by atoms with Crippen molar-refractivity contribution >= 4 is 16.0 Å². The molecule has 0 aromatic heterocycles. The van der Waals surface area contributed by atoms with Gasteiger partial charge in [-0.05, 0) is 6.42 Å². The molecule has 1 heterocycles. The van der Waals surface area contributed by atoms with E-state index in [0.29, 0.717) is 6.42 Å². The van der Waals surface area contributed by atoms with Gasteiger partial charge >= 0.3 is 5.97 Å². The van der Waals surface area contributed by atoms with E-state index < -0.39 is 34.3 Å². The van der Waals surface area contributed by atoms with Crippen LogP contribution >= 0.6 is 0 Å². The molecule has 82 valence electrons. The molecule has 1 saturated heterocycles. The molecule has 0 unspecified atom stereocenters. The molecule has 1 fully saturated rings. The second-order valence-electron chi connectivity index (χ2n) is 3.26. The molecule has 0 spiro atoms. The average Bonchev–Trinajstić information content (AvgIpc) is 2.49. The zero-order valence-corrected chi connectivity index (χ0v) is 8.40. The first-order valence-electron chi connectivity index (χ1n) is 4.29. The molecule has 14 heavy (non-hydrogen) atoms. The minimum Gasteiger partial charge on any atom is -0.481 e. The number of carboxylic acids is 1.